The third kappa shape index (κ3) is 7.95. The second-order valence-electron chi connectivity index (χ2n) is 13.1. The molecule has 3 saturated heterocycles. The van der Waals surface area contributed by atoms with Gasteiger partial charge < -0.3 is 10.0 Å². The molecular weight excluding hydrogens is 414 g/mol. The maximum atomic E-state index is 11.3. The van der Waals surface area contributed by atoms with Crippen molar-refractivity contribution < 1.29 is 14.7 Å². The molecule has 1 amide bonds. The van der Waals surface area contributed by atoms with Gasteiger partial charge in [0.15, 0.2) is 0 Å². The highest BCUT2D eigenvalue weighted by molar-refractivity contribution is 5.86. The van der Waals surface area contributed by atoms with Gasteiger partial charge >= 0.3 is 5.97 Å². The molecule has 0 saturated carbocycles. The molecule has 0 aromatic heterocycles. The van der Waals surface area contributed by atoms with Crippen LogP contribution in [-0.2, 0) is 9.59 Å². The SMILES string of the molecule is CC(C)(C)N1CCCC1C(=O)O.CC1C(=O)N(C(C)(C)C)C1C.CC1CCCN1C(C)(C)C. The van der Waals surface area contributed by atoms with Crippen molar-refractivity contribution in [1.82, 2.24) is 14.7 Å². The lowest BCUT2D eigenvalue weighted by Gasteiger charge is -2.51. The average molecular weight is 468 g/mol. The Kier molecular flexibility index (Phi) is 10.0. The van der Waals surface area contributed by atoms with Gasteiger partial charge in [-0.1, -0.05) is 6.92 Å². The number of likely N-dealkylation sites (tertiary alicyclic amines) is 3. The molecule has 0 aromatic rings. The van der Waals surface area contributed by atoms with Crippen molar-refractivity contribution in [3.8, 4) is 0 Å². The summed E-state index contributed by atoms with van der Waals surface area (Å²) in [4.78, 5) is 28.8. The normalized spacial score (nSPS) is 29.1. The lowest BCUT2D eigenvalue weighted by Crippen LogP contribution is -2.65. The molecule has 1 N–H and O–H groups in total. The number of rotatable bonds is 1. The molecule has 0 bridgehead atoms. The van der Waals surface area contributed by atoms with E-state index in [4.69, 9.17) is 5.11 Å². The minimum atomic E-state index is -0.678. The van der Waals surface area contributed by atoms with Gasteiger partial charge in [0.1, 0.15) is 6.04 Å². The van der Waals surface area contributed by atoms with Gasteiger partial charge in [-0.05, 0) is 115 Å². The summed E-state index contributed by atoms with van der Waals surface area (Å²) >= 11 is 0. The molecule has 3 heterocycles. The highest BCUT2D eigenvalue weighted by Crippen LogP contribution is 2.33. The zero-order chi connectivity index (χ0) is 25.9. The molecule has 4 atom stereocenters. The van der Waals surface area contributed by atoms with Crippen molar-refractivity contribution in [2.75, 3.05) is 13.1 Å². The molecule has 3 rings (SSSR count). The fourth-order valence-corrected chi connectivity index (χ4v) is 5.47. The smallest absolute Gasteiger partial charge is 0.320 e. The minimum absolute atomic E-state index is 0.00299. The van der Waals surface area contributed by atoms with Gasteiger partial charge in [0.05, 0.1) is 5.92 Å². The van der Waals surface area contributed by atoms with Crippen molar-refractivity contribution in [2.24, 2.45) is 5.92 Å². The van der Waals surface area contributed by atoms with Crippen molar-refractivity contribution in [3.63, 3.8) is 0 Å². The summed E-state index contributed by atoms with van der Waals surface area (Å²) in [6.07, 6.45) is 4.58. The average Bonchev–Trinajstić information content (AvgIpc) is 3.29. The zero-order valence-corrected chi connectivity index (χ0v) is 23.7. The minimum Gasteiger partial charge on any atom is -0.480 e. The van der Waals surface area contributed by atoms with E-state index < -0.39 is 5.97 Å². The first kappa shape index (κ1) is 29.9. The Morgan fingerprint density at radius 1 is 0.788 bits per heavy atom. The van der Waals surface area contributed by atoms with Crippen molar-refractivity contribution >= 4 is 11.9 Å². The fraction of sp³-hybridized carbons (Fsp3) is 0.926. The van der Waals surface area contributed by atoms with Crippen molar-refractivity contribution in [3.05, 3.63) is 0 Å². The van der Waals surface area contributed by atoms with E-state index in [1.54, 1.807) is 0 Å². The summed E-state index contributed by atoms with van der Waals surface area (Å²) in [5.41, 5.74) is 0.373. The highest BCUT2D eigenvalue weighted by Gasteiger charge is 2.46. The van der Waals surface area contributed by atoms with Crippen LogP contribution in [0.5, 0.6) is 0 Å². The van der Waals surface area contributed by atoms with E-state index in [2.05, 4.69) is 86.0 Å². The first-order valence-corrected chi connectivity index (χ1v) is 12.9. The van der Waals surface area contributed by atoms with Gasteiger partial charge in [0, 0.05) is 28.7 Å². The molecule has 4 unspecified atom stereocenters. The van der Waals surface area contributed by atoms with Gasteiger partial charge in [-0.25, -0.2) is 0 Å². The largest absolute Gasteiger partial charge is 0.480 e. The molecule has 6 heteroatoms. The number of carboxylic acids is 1. The van der Waals surface area contributed by atoms with E-state index in [1.165, 1.54) is 19.4 Å². The highest BCUT2D eigenvalue weighted by atomic mass is 16.4. The van der Waals surface area contributed by atoms with Crippen LogP contribution in [0.15, 0.2) is 0 Å². The van der Waals surface area contributed by atoms with Crippen LogP contribution in [0.2, 0.25) is 0 Å². The summed E-state index contributed by atoms with van der Waals surface area (Å²) < 4.78 is 0. The first-order chi connectivity index (χ1) is 14.8. The van der Waals surface area contributed by atoms with E-state index >= 15 is 0 Å². The van der Waals surface area contributed by atoms with E-state index in [-0.39, 0.29) is 23.0 Å². The summed E-state index contributed by atoms with van der Waals surface area (Å²) in [6.45, 7) is 28.0. The fourth-order valence-electron chi connectivity index (χ4n) is 5.47. The molecule has 0 aromatic carbocycles. The maximum Gasteiger partial charge on any atom is 0.320 e. The number of hydrogen-bond acceptors (Lipinski definition) is 4. The van der Waals surface area contributed by atoms with Crippen LogP contribution in [0.1, 0.15) is 109 Å². The molecule has 33 heavy (non-hydrogen) atoms. The van der Waals surface area contributed by atoms with Gasteiger partial charge in [0.2, 0.25) is 5.91 Å². The first-order valence-electron chi connectivity index (χ1n) is 12.9. The Bertz CT molecular complexity index is 657. The van der Waals surface area contributed by atoms with Gasteiger partial charge in [-0.15, -0.1) is 0 Å². The zero-order valence-electron chi connectivity index (χ0n) is 23.7. The van der Waals surface area contributed by atoms with Gasteiger partial charge in [-0.3, -0.25) is 19.4 Å². The number of amides is 1. The Balaban J connectivity index is 0.000000249. The van der Waals surface area contributed by atoms with Crippen LogP contribution in [0.25, 0.3) is 0 Å². The van der Waals surface area contributed by atoms with Crippen LogP contribution in [0, 0.1) is 5.92 Å². The lowest BCUT2D eigenvalue weighted by molar-refractivity contribution is -0.162. The number of carbonyl (C=O) groups excluding carboxylic acids is 1. The monoisotopic (exact) mass is 467 g/mol. The molecule has 3 fully saturated rings. The molecule has 0 aliphatic carbocycles. The van der Waals surface area contributed by atoms with Crippen molar-refractivity contribution in [1.29, 1.82) is 0 Å². The number of nitrogens with zero attached hydrogens (tertiary/aromatic N) is 3. The number of carboxylic acid groups (broad SMARTS) is 1. The predicted octanol–water partition coefficient (Wildman–Crippen LogP) is 5.25. The summed E-state index contributed by atoms with van der Waals surface area (Å²) in [7, 11) is 0. The van der Waals surface area contributed by atoms with Gasteiger partial charge in [-0.2, -0.15) is 0 Å². The van der Waals surface area contributed by atoms with E-state index in [0.29, 0.717) is 17.5 Å². The molecular formula is C27H53N3O3. The van der Waals surface area contributed by atoms with Crippen LogP contribution < -0.4 is 0 Å². The van der Waals surface area contributed by atoms with E-state index in [1.807, 2.05) is 11.8 Å². The molecule has 3 aliphatic heterocycles. The predicted molar refractivity (Wildman–Crippen MR) is 137 cm³/mol. The van der Waals surface area contributed by atoms with Crippen LogP contribution >= 0.6 is 0 Å². The van der Waals surface area contributed by atoms with E-state index in [9.17, 15) is 9.59 Å². The quantitative estimate of drug-likeness (QED) is 0.533. The van der Waals surface area contributed by atoms with Crippen LogP contribution in [0.3, 0.4) is 0 Å². The Hall–Kier alpha value is -1.14. The third-order valence-corrected chi connectivity index (χ3v) is 7.29. The van der Waals surface area contributed by atoms with Gasteiger partial charge in [0.25, 0.3) is 0 Å². The number of hydrogen-bond donors (Lipinski definition) is 1. The molecule has 0 radical (unpaired) electrons. The molecule has 6 nitrogen and oxygen atoms in total. The molecule has 3 aliphatic rings. The third-order valence-electron chi connectivity index (χ3n) is 7.29. The van der Waals surface area contributed by atoms with E-state index in [0.717, 1.165) is 25.4 Å². The van der Waals surface area contributed by atoms with Crippen LogP contribution in [-0.4, -0.2) is 79.5 Å². The standard InChI is InChI=1S/C9H17NO2.C9H17NO.C9H19N/c1-9(2,3)10-6-4-5-7(10)8(11)12;1-6-7(2)10(8(6)11)9(3,4)5;1-8-6-5-7-10(8)9(2,3)4/h7H,4-6H2,1-3H3,(H,11,12);6-7H,1-5H3;8H,5-7H2,1-4H3. The summed E-state index contributed by atoms with van der Waals surface area (Å²) in [5.74, 6) is -0.151. The second-order valence-corrected chi connectivity index (χ2v) is 13.1. The maximum absolute atomic E-state index is 11.3. The summed E-state index contributed by atoms with van der Waals surface area (Å²) in [5, 5.41) is 8.91. The number of aliphatic carboxylic acids is 1. The Labute approximate surface area is 204 Å². The second kappa shape index (κ2) is 11.1. The Morgan fingerprint density at radius 2 is 1.24 bits per heavy atom. The Morgan fingerprint density at radius 3 is 1.48 bits per heavy atom. The van der Waals surface area contributed by atoms with Crippen LogP contribution in [0.4, 0.5) is 0 Å². The lowest BCUT2D eigenvalue weighted by atomic mass is 9.85. The number of β-lactam (4-membered cyclic amide) rings is 1. The topological polar surface area (TPSA) is 64.1 Å². The summed E-state index contributed by atoms with van der Waals surface area (Å²) in [6, 6.07) is 0.965. The molecule has 0 spiro atoms. The van der Waals surface area contributed by atoms with Crippen molar-refractivity contribution in [2.45, 2.75) is 144 Å². The number of carbonyl (C=O) groups is 2. The molecule has 194 valence electrons.